The van der Waals surface area contributed by atoms with Crippen LogP contribution in [0, 0.1) is 22.7 Å². The maximum Gasteiger partial charge on any atom is 0.135 e. The Morgan fingerprint density at radius 1 is 0.581 bits per heavy atom. The summed E-state index contributed by atoms with van der Waals surface area (Å²) in [7, 11) is 0. The molecule has 3 aromatic heterocycles. The first-order valence-electron chi connectivity index (χ1n) is 14.0. The first-order valence-corrected chi connectivity index (χ1v) is 14.8. The van der Waals surface area contributed by atoms with Gasteiger partial charge in [0.15, 0.2) is 0 Å². The van der Waals surface area contributed by atoms with Gasteiger partial charge in [-0.15, -0.1) is 11.3 Å². The van der Waals surface area contributed by atoms with Crippen LogP contribution in [0.5, 0.6) is 0 Å². The fourth-order valence-electron chi connectivity index (χ4n) is 6.54. The van der Waals surface area contributed by atoms with Crippen LogP contribution in [-0.2, 0) is 0 Å². The number of hydrogen-bond acceptors (Lipinski definition) is 4. The number of benzene rings is 6. The SMILES string of the molecule is N#Cc1ccc(-n2c3ccccc3c3c4sc5ccccc5c4ccc32)c(-c2ccc3oc4ccc(C#N)cc4c3c2)c1. The lowest BCUT2D eigenvalue weighted by atomic mass is 9.98. The number of thiophene rings is 1. The number of aromatic nitrogens is 1. The lowest BCUT2D eigenvalue weighted by Gasteiger charge is -2.15. The Hall–Kier alpha value is -5.88. The van der Waals surface area contributed by atoms with Crippen LogP contribution in [0.3, 0.4) is 0 Å². The van der Waals surface area contributed by atoms with Crippen molar-refractivity contribution in [1.82, 2.24) is 4.57 Å². The van der Waals surface area contributed by atoms with Crippen molar-refractivity contribution >= 4 is 75.3 Å². The van der Waals surface area contributed by atoms with Gasteiger partial charge in [0.05, 0.1) is 40.0 Å². The Labute approximate surface area is 249 Å². The van der Waals surface area contributed by atoms with E-state index in [2.05, 4.69) is 89.5 Å². The lowest BCUT2D eigenvalue weighted by Crippen LogP contribution is -1.98. The highest BCUT2D eigenvalue weighted by molar-refractivity contribution is 7.26. The molecule has 0 spiro atoms. The third kappa shape index (κ3) is 3.35. The smallest absolute Gasteiger partial charge is 0.135 e. The zero-order chi connectivity index (χ0) is 28.7. The van der Waals surface area contributed by atoms with Crippen LogP contribution in [-0.4, -0.2) is 4.57 Å². The van der Waals surface area contributed by atoms with E-state index in [0.717, 1.165) is 49.8 Å². The van der Waals surface area contributed by atoms with E-state index >= 15 is 0 Å². The molecule has 0 N–H and O–H groups in total. The summed E-state index contributed by atoms with van der Waals surface area (Å²) in [5, 5.41) is 26.2. The van der Waals surface area contributed by atoms with Crippen molar-refractivity contribution in [3.8, 4) is 29.0 Å². The van der Waals surface area contributed by atoms with Crippen LogP contribution >= 0.6 is 11.3 Å². The molecule has 6 aromatic carbocycles. The number of fused-ring (bicyclic) bond motifs is 10. The van der Waals surface area contributed by atoms with Crippen LogP contribution in [0.15, 0.2) is 120 Å². The number of furan rings is 1. The molecule has 0 atom stereocenters. The molecule has 0 saturated heterocycles. The summed E-state index contributed by atoms with van der Waals surface area (Å²) in [6.07, 6.45) is 0. The molecule has 5 heteroatoms. The van der Waals surface area contributed by atoms with Crippen molar-refractivity contribution in [3.05, 3.63) is 126 Å². The second-order valence-electron chi connectivity index (χ2n) is 10.8. The van der Waals surface area contributed by atoms with Gasteiger partial charge in [-0.05, 0) is 72.3 Å². The Morgan fingerprint density at radius 2 is 1.30 bits per heavy atom. The van der Waals surface area contributed by atoms with Crippen molar-refractivity contribution in [2.24, 2.45) is 0 Å². The maximum absolute atomic E-state index is 9.90. The average Bonchev–Trinajstić information content (AvgIpc) is 3.73. The van der Waals surface area contributed by atoms with E-state index in [1.165, 1.54) is 30.9 Å². The summed E-state index contributed by atoms with van der Waals surface area (Å²) in [6, 6.07) is 43.8. The van der Waals surface area contributed by atoms with Crippen molar-refractivity contribution in [2.45, 2.75) is 0 Å². The lowest BCUT2D eigenvalue weighted by molar-refractivity contribution is 0.669. The van der Waals surface area contributed by atoms with Gasteiger partial charge >= 0.3 is 0 Å². The molecule has 198 valence electrons. The highest BCUT2D eigenvalue weighted by atomic mass is 32.1. The Kier molecular flexibility index (Phi) is 4.87. The van der Waals surface area contributed by atoms with Gasteiger partial charge in [0.25, 0.3) is 0 Å². The third-order valence-corrected chi connectivity index (χ3v) is 9.66. The molecule has 4 nitrogen and oxygen atoms in total. The standard InChI is InChI=1S/C38H19N3OS/c39-20-22-9-13-32(28(17-22)24-11-16-35-30(19-24)29-18-23(21-40)10-15-34(29)42-35)41-31-7-3-1-6-27(31)37-33(41)14-12-26-25-5-2-4-8-36(25)43-38(26)37/h1-19H. The monoisotopic (exact) mass is 565 g/mol. The van der Waals surface area contributed by atoms with Crippen molar-refractivity contribution in [3.63, 3.8) is 0 Å². The second-order valence-corrected chi connectivity index (χ2v) is 11.8. The molecule has 0 bridgehead atoms. The zero-order valence-electron chi connectivity index (χ0n) is 22.6. The fraction of sp³-hybridized carbons (Fsp3) is 0. The minimum atomic E-state index is 0.589. The van der Waals surface area contributed by atoms with E-state index < -0.39 is 0 Å². The normalized spacial score (nSPS) is 11.7. The molecule has 0 aliphatic carbocycles. The number of para-hydroxylation sites is 1. The number of nitriles is 2. The summed E-state index contributed by atoms with van der Waals surface area (Å²) in [5.74, 6) is 0. The zero-order valence-corrected chi connectivity index (χ0v) is 23.4. The average molecular weight is 566 g/mol. The molecule has 0 aliphatic heterocycles. The second kappa shape index (κ2) is 8.81. The molecule has 9 rings (SSSR count). The van der Waals surface area contributed by atoms with E-state index in [0.29, 0.717) is 11.1 Å². The largest absolute Gasteiger partial charge is 0.456 e. The van der Waals surface area contributed by atoms with Gasteiger partial charge in [-0.3, -0.25) is 0 Å². The molecule has 0 unspecified atom stereocenters. The summed E-state index contributed by atoms with van der Waals surface area (Å²) >= 11 is 1.84. The number of nitrogens with zero attached hydrogens (tertiary/aromatic N) is 3. The first-order chi connectivity index (χ1) is 21.2. The summed E-state index contributed by atoms with van der Waals surface area (Å²) in [6.45, 7) is 0. The molecule has 43 heavy (non-hydrogen) atoms. The molecule has 0 fully saturated rings. The van der Waals surface area contributed by atoms with E-state index in [9.17, 15) is 10.5 Å². The van der Waals surface area contributed by atoms with Crippen molar-refractivity contribution < 1.29 is 4.42 Å². The van der Waals surface area contributed by atoms with E-state index in [4.69, 9.17) is 4.42 Å². The summed E-state index contributed by atoms with van der Waals surface area (Å²) < 4.78 is 11.0. The van der Waals surface area contributed by atoms with Gasteiger partial charge in [0.2, 0.25) is 0 Å². The van der Waals surface area contributed by atoms with Gasteiger partial charge in [0.1, 0.15) is 11.2 Å². The first kappa shape index (κ1) is 23.8. The predicted octanol–water partition coefficient (Wildman–Crippen LogP) is 10.5. The molecule has 9 aromatic rings. The van der Waals surface area contributed by atoms with Crippen LogP contribution in [0.2, 0.25) is 0 Å². The number of hydrogen-bond donors (Lipinski definition) is 0. The van der Waals surface area contributed by atoms with Crippen LogP contribution in [0.25, 0.3) is 80.7 Å². The Bertz CT molecular complexity index is 2710. The molecular formula is C38H19N3OS. The summed E-state index contributed by atoms with van der Waals surface area (Å²) in [5.41, 5.74) is 7.84. The Morgan fingerprint density at radius 3 is 2.16 bits per heavy atom. The number of rotatable bonds is 2. The fourth-order valence-corrected chi connectivity index (χ4v) is 7.80. The van der Waals surface area contributed by atoms with Crippen LogP contribution < -0.4 is 0 Å². The van der Waals surface area contributed by atoms with Gasteiger partial charge in [-0.25, -0.2) is 0 Å². The van der Waals surface area contributed by atoms with Gasteiger partial charge in [-0.2, -0.15) is 10.5 Å². The third-order valence-electron chi connectivity index (χ3n) is 8.46. The minimum Gasteiger partial charge on any atom is -0.456 e. The molecule has 3 heterocycles. The molecule has 0 amide bonds. The highest BCUT2D eigenvalue weighted by Crippen LogP contribution is 2.44. The van der Waals surface area contributed by atoms with Crippen molar-refractivity contribution in [2.75, 3.05) is 0 Å². The van der Waals surface area contributed by atoms with Gasteiger partial charge in [0, 0.05) is 47.3 Å². The predicted molar refractivity (Wildman–Crippen MR) is 176 cm³/mol. The van der Waals surface area contributed by atoms with Crippen LogP contribution in [0.4, 0.5) is 0 Å². The van der Waals surface area contributed by atoms with Crippen LogP contribution in [0.1, 0.15) is 11.1 Å². The molecule has 0 aliphatic rings. The molecule has 0 radical (unpaired) electrons. The van der Waals surface area contributed by atoms with Gasteiger partial charge < -0.3 is 8.98 Å². The van der Waals surface area contributed by atoms with E-state index in [-0.39, 0.29) is 0 Å². The van der Waals surface area contributed by atoms with Gasteiger partial charge in [-0.1, -0.05) is 48.5 Å². The van der Waals surface area contributed by atoms with E-state index in [1.807, 2.05) is 47.7 Å². The summed E-state index contributed by atoms with van der Waals surface area (Å²) in [4.78, 5) is 0. The maximum atomic E-state index is 9.90. The highest BCUT2D eigenvalue weighted by Gasteiger charge is 2.20. The molecule has 0 saturated carbocycles. The topological polar surface area (TPSA) is 65.7 Å². The van der Waals surface area contributed by atoms with E-state index in [1.54, 1.807) is 6.07 Å². The molecular weight excluding hydrogens is 547 g/mol. The Balaban J connectivity index is 1.37. The van der Waals surface area contributed by atoms with Crippen molar-refractivity contribution in [1.29, 1.82) is 10.5 Å². The quantitative estimate of drug-likeness (QED) is 0.209. The minimum absolute atomic E-state index is 0.589.